The van der Waals surface area contributed by atoms with E-state index in [9.17, 15) is 18.0 Å². The van der Waals surface area contributed by atoms with Gasteiger partial charge in [-0.3, -0.25) is 4.79 Å². The van der Waals surface area contributed by atoms with Crippen LogP contribution < -0.4 is 4.72 Å². The van der Waals surface area contributed by atoms with Gasteiger partial charge in [-0.1, -0.05) is 13.3 Å². The second-order valence-electron chi connectivity index (χ2n) is 4.82. The standard InChI is InChI=1S/C11H20N2O6S2/c1-4-5-9-13(8(6-20-9)10(14)15)21(17,18)12-11(16)19-7(2)3/h7-9H,4-6H2,1-3H3,(H,12,16)(H,14,15). The first-order valence-corrected chi connectivity index (χ1v) is 9.04. The van der Waals surface area contributed by atoms with Gasteiger partial charge in [0.1, 0.15) is 6.04 Å². The van der Waals surface area contributed by atoms with Crippen LogP contribution in [0.4, 0.5) is 4.79 Å². The van der Waals surface area contributed by atoms with Crippen molar-refractivity contribution in [1.29, 1.82) is 0 Å². The number of carboxylic acids is 1. The lowest BCUT2D eigenvalue weighted by molar-refractivity contribution is -0.140. The summed E-state index contributed by atoms with van der Waals surface area (Å²) in [5.74, 6) is -1.08. The van der Waals surface area contributed by atoms with Crippen LogP contribution in [-0.2, 0) is 19.7 Å². The van der Waals surface area contributed by atoms with Gasteiger partial charge in [-0.15, -0.1) is 11.8 Å². The van der Waals surface area contributed by atoms with Crippen molar-refractivity contribution >= 4 is 34.0 Å². The fourth-order valence-electron chi connectivity index (χ4n) is 1.91. The number of rotatable bonds is 6. The van der Waals surface area contributed by atoms with Crippen molar-refractivity contribution in [3.8, 4) is 0 Å². The summed E-state index contributed by atoms with van der Waals surface area (Å²) in [4.78, 5) is 22.7. The number of nitrogens with zero attached hydrogens (tertiary/aromatic N) is 1. The van der Waals surface area contributed by atoms with Crippen LogP contribution in [0.25, 0.3) is 0 Å². The molecule has 1 fully saturated rings. The minimum absolute atomic E-state index is 0.153. The second-order valence-corrected chi connectivity index (χ2v) is 7.61. The predicted octanol–water partition coefficient (Wildman–Crippen LogP) is 0.994. The van der Waals surface area contributed by atoms with Gasteiger partial charge in [-0.25, -0.2) is 9.52 Å². The number of carbonyl (C=O) groups excluding carboxylic acids is 1. The normalized spacial score (nSPS) is 23.2. The molecule has 1 aliphatic heterocycles. The molecule has 0 saturated carbocycles. The number of hydrogen-bond donors (Lipinski definition) is 2. The van der Waals surface area contributed by atoms with E-state index in [0.29, 0.717) is 12.8 Å². The fourth-order valence-corrected chi connectivity index (χ4v) is 5.21. The maximum absolute atomic E-state index is 12.3. The van der Waals surface area contributed by atoms with E-state index >= 15 is 0 Å². The zero-order valence-electron chi connectivity index (χ0n) is 12.1. The van der Waals surface area contributed by atoms with Crippen molar-refractivity contribution < 1.29 is 27.9 Å². The minimum atomic E-state index is -4.26. The van der Waals surface area contributed by atoms with Gasteiger partial charge in [0.15, 0.2) is 0 Å². The lowest BCUT2D eigenvalue weighted by Gasteiger charge is -2.26. The summed E-state index contributed by atoms with van der Waals surface area (Å²) in [6.45, 7) is 5.04. The van der Waals surface area contributed by atoms with Crippen molar-refractivity contribution in [3.05, 3.63) is 0 Å². The van der Waals surface area contributed by atoms with E-state index in [2.05, 4.69) is 0 Å². The van der Waals surface area contributed by atoms with Crippen molar-refractivity contribution in [2.75, 3.05) is 5.75 Å². The van der Waals surface area contributed by atoms with Gasteiger partial charge in [-0.05, 0) is 20.3 Å². The Morgan fingerprint density at radius 1 is 1.48 bits per heavy atom. The third-order valence-electron chi connectivity index (χ3n) is 2.69. The van der Waals surface area contributed by atoms with Gasteiger partial charge in [0, 0.05) is 5.75 Å². The number of hydrogen-bond acceptors (Lipinski definition) is 6. The average molecular weight is 340 g/mol. The van der Waals surface area contributed by atoms with E-state index in [0.717, 1.165) is 4.31 Å². The van der Waals surface area contributed by atoms with Crippen LogP contribution in [0.5, 0.6) is 0 Å². The second kappa shape index (κ2) is 7.32. The first-order chi connectivity index (χ1) is 9.69. The SMILES string of the molecule is CCCC1SCC(C(=O)O)N1S(=O)(=O)NC(=O)OC(C)C. The molecular weight excluding hydrogens is 320 g/mol. The Morgan fingerprint density at radius 2 is 2.10 bits per heavy atom. The molecule has 0 aromatic carbocycles. The first-order valence-electron chi connectivity index (χ1n) is 6.55. The number of thioether (sulfide) groups is 1. The Morgan fingerprint density at radius 3 is 2.57 bits per heavy atom. The topological polar surface area (TPSA) is 113 Å². The van der Waals surface area contributed by atoms with Crippen LogP contribution in [0.2, 0.25) is 0 Å². The quantitative estimate of drug-likeness (QED) is 0.741. The number of amides is 1. The van der Waals surface area contributed by atoms with Crippen LogP contribution in [0.1, 0.15) is 33.6 Å². The van der Waals surface area contributed by atoms with Gasteiger partial charge in [0.2, 0.25) is 0 Å². The largest absolute Gasteiger partial charge is 0.480 e. The van der Waals surface area contributed by atoms with Gasteiger partial charge in [0.05, 0.1) is 11.5 Å². The summed E-state index contributed by atoms with van der Waals surface area (Å²) >= 11 is 1.25. The van der Waals surface area contributed by atoms with Crippen molar-refractivity contribution in [1.82, 2.24) is 9.03 Å². The molecule has 0 bridgehead atoms. The molecule has 21 heavy (non-hydrogen) atoms. The zero-order valence-corrected chi connectivity index (χ0v) is 13.7. The zero-order chi connectivity index (χ0) is 16.2. The molecule has 122 valence electrons. The highest BCUT2D eigenvalue weighted by Crippen LogP contribution is 2.34. The molecule has 2 N–H and O–H groups in total. The van der Waals surface area contributed by atoms with E-state index in [-0.39, 0.29) is 5.75 Å². The van der Waals surface area contributed by atoms with Crippen molar-refractivity contribution in [2.45, 2.75) is 51.1 Å². The molecule has 2 unspecified atom stereocenters. The summed E-state index contributed by atoms with van der Waals surface area (Å²) < 4.78 is 31.9. The van der Waals surface area contributed by atoms with E-state index < -0.39 is 39.8 Å². The molecule has 8 nitrogen and oxygen atoms in total. The molecule has 1 amide bonds. The predicted molar refractivity (Wildman–Crippen MR) is 78.1 cm³/mol. The molecule has 1 saturated heterocycles. The Balaban J connectivity index is 2.94. The maximum atomic E-state index is 12.3. The fraction of sp³-hybridized carbons (Fsp3) is 0.818. The number of ether oxygens (including phenoxy) is 1. The van der Waals surface area contributed by atoms with E-state index in [1.807, 2.05) is 6.92 Å². The maximum Gasteiger partial charge on any atom is 0.422 e. The lowest BCUT2D eigenvalue weighted by Crippen LogP contribution is -2.52. The molecule has 0 aliphatic carbocycles. The van der Waals surface area contributed by atoms with Gasteiger partial charge in [-0.2, -0.15) is 12.7 Å². The van der Waals surface area contributed by atoms with Crippen LogP contribution in [-0.4, -0.2) is 53.2 Å². The summed E-state index contributed by atoms with van der Waals surface area (Å²) in [7, 11) is -4.26. The van der Waals surface area contributed by atoms with E-state index in [1.54, 1.807) is 18.6 Å². The molecular formula is C11H20N2O6S2. The molecule has 1 aliphatic rings. The van der Waals surface area contributed by atoms with Gasteiger partial charge < -0.3 is 9.84 Å². The summed E-state index contributed by atoms with van der Waals surface area (Å²) in [5, 5.41) is 8.65. The van der Waals surface area contributed by atoms with Gasteiger partial charge in [0.25, 0.3) is 0 Å². The first kappa shape index (κ1) is 18.1. The molecule has 1 heterocycles. The molecule has 0 radical (unpaired) electrons. The molecule has 1 rings (SSSR count). The number of aliphatic carboxylic acids is 1. The van der Waals surface area contributed by atoms with Crippen molar-refractivity contribution in [3.63, 3.8) is 0 Å². The van der Waals surface area contributed by atoms with E-state index in [1.165, 1.54) is 11.8 Å². The number of carbonyl (C=O) groups is 2. The minimum Gasteiger partial charge on any atom is -0.480 e. The van der Waals surface area contributed by atoms with E-state index in [4.69, 9.17) is 9.84 Å². The summed E-state index contributed by atoms with van der Waals surface area (Å²) in [5.41, 5.74) is 0. The third-order valence-corrected chi connectivity index (χ3v) is 5.67. The highest BCUT2D eigenvalue weighted by molar-refractivity contribution is 8.01. The molecule has 0 aromatic rings. The third kappa shape index (κ3) is 4.75. The summed E-state index contributed by atoms with van der Waals surface area (Å²) in [6.07, 6.45) is -0.378. The molecule has 10 heteroatoms. The van der Waals surface area contributed by atoms with Crippen LogP contribution >= 0.6 is 11.8 Å². The van der Waals surface area contributed by atoms with Crippen LogP contribution in [0.15, 0.2) is 0 Å². The number of carboxylic acid groups (broad SMARTS) is 1. The molecule has 2 atom stereocenters. The molecule has 0 aromatic heterocycles. The Kier molecular flexibility index (Phi) is 6.29. The van der Waals surface area contributed by atoms with Crippen LogP contribution in [0.3, 0.4) is 0 Å². The Labute approximate surface area is 128 Å². The highest BCUT2D eigenvalue weighted by atomic mass is 32.2. The highest BCUT2D eigenvalue weighted by Gasteiger charge is 2.46. The molecule has 0 spiro atoms. The Bertz CT molecular complexity index is 493. The van der Waals surface area contributed by atoms with Gasteiger partial charge >= 0.3 is 22.3 Å². The van der Waals surface area contributed by atoms with Crippen LogP contribution in [0, 0.1) is 0 Å². The number of nitrogens with one attached hydrogen (secondary N) is 1. The smallest absolute Gasteiger partial charge is 0.422 e. The average Bonchev–Trinajstić information content (AvgIpc) is 2.72. The Hall–Kier alpha value is -1.00. The summed E-state index contributed by atoms with van der Waals surface area (Å²) in [6, 6.07) is -1.18. The monoisotopic (exact) mass is 340 g/mol. The van der Waals surface area contributed by atoms with Crippen molar-refractivity contribution in [2.24, 2.45) is 0 Å². The lowest BCUT2D eigenvalue weighted by atomic mass is 10.3.